The molecular formula is C56H55N3OSi. The second-order valence-electron chi connectivity index (χ2n) is 16.5. The highest BCUT2D eigenvalue weighted by Crippen LogP contribution is 2.54. The van der Waals surface area contributed by atoms with Gasteiger partial charge in [0.1, 0.15) is 11.5 Å². The largest absolute Gasteiger partial charge is 0.457 e. The smallest absolute Gasteiger partial charge is 0.220 e. The lowest BCUT2D eigenvalue weighted by Gasteiger charge is -2.45. The van der Waals surface area contributed by atoms with Crippen molar-refractivity contribution < 1.29 is 26.7 Å². The zero-order chi connectivity index (χ0) is 55.6. The molecule has 0 bridgehead atoms. The molecule has 0 spiro atoms. The molecule has 1 aliphatic heterocycles. The maximum absolute atomic E-state index is 10.5. The molecule has 4 nitrogen and oxygen atoms in total. The van der Waals surface area contributed by atoms with Crippen molar-refractivity contribution in [3.63, 3.8) is 0 Å². The molecular weight excluding hydrogens is 759 g/mol. The van der Waals surface area contributed by atoms with E-state index in [2.05, 4.69) is 15.0 Å². The van der Waals surface area contributed by atoms with Crippen LogP contribution >= 0.6 is 0 Å². The average Bonchev–Trinajstić information content (AvgIpc) is 3.73. The van der Waals surface area contributed by atoms with Crippen LogP contribution in [-0.4, -0.2) is 22.0 Å². The van der Waals surface area contributed by atoms with Crippen LogP contribution in [0.25, 0.3) is 33.5 Å². The molecule has 3 heterocycles. The average molecular weight is 830 g/mol. The summed E-state index contributed by atoms with van der Waals surface area (Å²) in [6.45, 7) is -11.6. The van der Waals surface area contributed by atoms with Crippen molar-refractivity contribution in [1.82, 2.24) is 14.0 Å². The first-order valence-corrected chi connectivity index (χ1v) is 22.5. The normalized spacial score (nSPS) is 19.1. The summed E-state index contributed by atoms with van der Waals surface area (Å²) in [6, 6.07) is 54.2. The summed E-state index contributed by atoms with van der Waals surface area (Å²) in [7, 11) is -3.98. The van der Waals surface area contributed by atoms with Crippen LogP contribution in [0.2, 0.25) is 0 Å². The minimum atomic E-state index is -3.98. The number of hydrogen-bond acceptors (Lipinski definition) is 2. The Balaban J connectivity index is 1.36. The van der Waals surface area contributed by atoms with E-state index in [1.54, 1.807) is 12.1 Å². The summed E-state index contributed by atoms with van der Waals surface area (Å²) in [5.74, 6) is 0.537. The van der Waals surface area contributed by atoms with Gasteiger partial charge in [-0.25, -0.2) is 4.98 Å². The lowest BCUT2D eigenvalue weighted by molar-refractivity contribution is 0.253. The number of aromatic nitrogens is 3. The van der Waals surface area contributed by atoms with Crippen molar-refractivity contribution in [3.8, 4) is 17.2 Å². The van der Waals surface area contributed by atoms with Crippen LogP contribution in [-0.2, 0) is 5.41 Å². The first kappa shape index (κ1) is 24.9. The van der Waals surface area contributed by atoms with E-state index >= 15 is 0 Å². The Labute approximate surface area is 384 Å². The van der Waals surface area contributed by atoms with Gasteiger partial charge in [-0.2, -0.15) is 0 Å². The number of benzene rings is 7. The molecule has 2 aromatic heterocycles. The zero-order valence-electron chi connectivity index (χ0n) is 49.9. The molecule has 9 aromatic rings. The highest BCUT2D eigenvalue weighted by molar-refractivity contribution is 7.20. The molecule has 0 saturated carbocycles. The molecule has 0 atom stereocenters. The van der Waals surface area contributed by atoms with Gasteiger partial charge in [-0.15, -0.1) is 0 Å². The molecule has 0 fully saturated rings. The van der Waals surface area contributed by atoms with E-state index in [1.807, 2.05) is 133 Å². The molecule has 0 saturated heterocycles. The maximum atomic E-state index is 10.5. The molecule has 1 aliphatic rings. The third kappa shape index (κ3) is 6.53. The summed E-state index contributed by atoms with van der Waals surface area (Å²) in [5, 5.41) is 2.91. The van der Waals surface area contributed by atoms with E-state index in [0.717, 1.165) is 57.2 Å². The molecule has 304 valence electrons. The first-order chi connectivity index (χ1) is 36.0. The summed E-state index contributed by atoms with van der Waals surface area (Å²) in [5.41, 5.74) is -4.74. The molecule has 0 aliphatic carbocycles. The van der Waals surface area contributed by atoms with Crippen molar-refractivity contribution in [2.45, 2.75) is 72.3 Å². The fraction of sp³-hybridized carbons (Fsp3) is 0.232. The van der Waals surface area contributed by atoms with Crippen LogP contribution in [0.1, 0.15) is 99.9 Å². The van der Waals surface area contributed by atoms with Crippen LogP contribution in [0.4, 0.5) is 0 Å². The van der Waals surface area contributed by atoms with Crippen molar-refractivity contribution in [2.75, 3.05) is 0 Å². The number of nitrogens with zero attached hydrogens (tertiary/aromatic N) is 3. The van der Waals surface area contributed by atoms with E-state index in [-0.39, 0.29) is 22.6 Å². The van der Waals surface area contributed by atoms with Gasteiger partial charge < -0.3 is 4.74 Å². The third-order valence-corrected chi connectivity index (χ3v) is 16.6. The molecule has 0 amide bonds. The third-order valence-electron chi connectivity index (χ3n) is 11.8. The van der Waals surface area contributed by atoms with Gasteiger partial charge in [-0.1, -0.05) is 175 Å². The predicted octanol–water partition coefficient (Wildman–Crippen LogP) is 11.9. The van der Waals surface area contributed by atoms with Crippen molar-refractivity contribution in [3.05, 3.63) is 187 Å². The molecule has 0 N–H and O–H groups in total. The van der Waals surface area contributed by atoms with E-state index in [0.29, 0.717) is 11.0 Å². The highest BCUT2D eigenvalue weighted by atomic mass is 28.3. The summed E-state index contributed by atoms with van der Waals surface area (Å²) < 4.78 is 158. The predicted molar refractivity (Wildman–Crippen MR) is 258 cm³/mol. The Morgan fingerprint density at radius 3 is 1.84 bits per heavy atom. The molecule has 10 rings (SSSR count). The Morgan fingerprint density at radius 1 is 0.590 bits per heavy atom. The summed E-state index contributed by atoms with van der Waals surface area (Å²) >= 11 is 0. The topological polar surface area (TPSA) is 31.5 Å². The summed E-state index contributed by atoms with van der Waals surface area (Å²) in [6.07, 6.45) is -9.26. The number of ether oxygens (including phenoxy) is 1. The first-order valence-electron chi connectivity index (χ1n) is 28.5. The van der Waals surface area contributed by atoms with Gasteiger partial charge in [-0.05, 0) is 99.6 Å². The molecule has 0 radical (unpaired) electrons. The number of fused-ring (bicyclic) bond motifs is 7. The zero-order valence-corrected chi connectivity index (χ0v) is 34.9. The van der Waals surface area contributed by atoms with Crippen molar-refractivity contribution in [2.24, 2.45) is 10.8 Å². The molecule has 5 heteroatoms. The Hall–Kier alpha value is -6.17. The van der Waals surface area contributed by atoms with Crippen LogP contribution in [0.5, 0.6) is 11.5 Å². The van der Waals surface area contributed by atoms with Gasteiger partial charge in [0.25, 0.3) is 0 Å². The number of rotatable bonds is 9. The molecule has 61 heavy (non-hydrogen) atoms. The maximum Gasteiger partial charge on any atom is 0.220 e. The number of para-hydroxylation sites is 6. The van der Waals surface area contributed by atoms with Crippen LogP contribution < -0.4 is 25.5 Å². The Morgan fingerprint density at radius 2 is 1.15 bits per heavy atom. The highest BCUT2D eigenvalue weighted by Gasteiger charge is 2.49. The van der Waals surface area contributed by atoms with E-state index in [1.165, 1.54) is 24.3 Å². The van der Waals surface area contributed by atoms with Gasteiger partial charge in [-0.3, -0.25) is 8.97 Å². The van der Waals surface area contributed by atoms with Gasteiger partial charge in [0.05, 0.1) is 22.1 Å². The van der Waals surface area contributed by atoms with Gasteiger partial charge in [0.2, 0.25) is 5.78 Å². The van der Waals surface area contributed by atoms with Crippen LogP contribution in [0.3, 0.4) is 0 Å². The van der Waals surface area contributed by atoms with Gasteiger partial charge >= 0.3 is 0 Å². The van der Waals surface area contributed by atoms with Crippen LogP contribution in [0, 0.1) is 10.8 Å². The number of hydrogen-bond donors (Lipinski definition) is 0. The van der Waals surface area contributed by atoms with Gasteiger partial charge in [0, 0.05) is 44.2 Å². The van der Waals surface area contributed by atoms with E-state index < -0.39 is 77.3 Å². The lowest BCUT2D eigenvalue weighted by Crippen LogP contribution is -2.75. The lowest BCUT2D eigenvalue weighted by atomic mass is 9.63. The monoisotopic (exact) mass is 830 g/mol. The SMILES string of the molecule is [2H]C([2H])([2H])C(C)(CC([2H])([2H])C1(C([2H])([2H])CC(C)(C([2H])([2H])[2H])C([2H])([2H])[2H])c2ccccc2Oc2c1cccc2[Si](c1ccccc1)(c1ccccc1)c1cccc(-n2c3ccccc3n3c4ccccc4nc23)c1)C([2H])([2H])[2H]. The standard InChI is InChI=1S/C56H55N3OSi/c1-54(2,3)35-37-56(38-36-55(4,5)6)44-27-13-18-33-50(44)60-52-45(56)28-20-34-51(52)61(41-22-9-7-10-23-41,42-24-11-8-12-25-42)43-26-19-21-40(39-43)58-48-31-16-17-32-49(48)59-47-30-15-14-29-46(47)57-53(58)59/h7-34,39H,35-38H2,1-6H3/i1D3,2D3,4D3,5D3,37D2,38D2. The minimum absolute atomic E-state index is 0.0361. The molecule has 0 unspecified atom stereocenters. The van der Waals surface area contributed by atoms with E-state index in [4.69, 9.17) is 26.2 Å². The minimum Gasteiger partial charge on any atom is -0.457 e. The van der Waals surface area contributed by atoms with Gasteiger partial charge in [0.15, 0.2) is 8.07 Å². The Bertz CT molecular complexity index is 3570. The fourth-order valence-electron chi connectivity index (χ4n) is 9.25. The summed E-state index contributed by atoms with van der Waals surface area (Å²) in [4.78, 5) is 5.15. The Kier molecular flexibility index (Phi) is 6.04. The quantitative estimate of drug-likeness (QED) is 0.107. The van der Waals surface area contributed by atoms with Crippen LogP contribution in [0.15, 0.2) is 176 Å². The second kappa shape index (κ2) is 14.8. The fourth-order valence-corrected chi connectivity index (χ4v) is 14.1. The van der Waals surface area contributed by atoms with Crippen molar-refractivity contribution >= 4 is 56.7 Å². The molecule has 7 aromatic carbocycles. The van der Waals surface area contributed by atoms with E-state index in [9.17, 15) is 5.48 Å². The van der Waals surface area contributed by atoms with Crippen molar-refractivity contribution in [1.29, 1.82) is 0 Å². The number of imidazole rings is 2. The second-order valence-corrected chi connectivity index (χ2v) is 20.3.